The highest BCUT2D eigenvalue weighted by Gasteiger charge is 2.39. The van der Waals surface area contributed by atoms with Gasteiger partial charge in [-0.3, -0.25) is 0 Å². The Balaban J connectivity index is 1.80. The van der Waals surface area contributed by atoms with Crippen LogP contribution in [0.2, 0.25) is 0 Å². The zero-order valence-corrected chi connectivity index (χ0v) is 10.9. The predicted octanol–water partition coefficient (Wildman–Crippen LogP) is 3.74. The number of hydrogen-bond donors (Lipinski definition) is 0. The third kappa shape index (κ3) is 2.39. The molecule has 0 bridgehead atoms. The molecule has 1 fully saturated rings. The maximum atomic E-state index is 11.5. The minimum atomic E-state index is -0.265. The van der Waals surface area contributed by atoms with Crippen LogP contribution < -0.4 is 0 Å². The molecule has 0 heterocycles. The molecule has 3 rings (SSSR count). The van der Waals surface area contributed by atoms with Crippen LogP contribution >= 0.6 is 0 Å². The third-order valence-electron chi connectivity index (χ3n) is 3.75. The highest BCUT2D eigenvalue weighted by atomic mass is 16.5. The van der Waals surface area contributed by atoms with E-state index in [2.05, 4.69) is 30.3 Å². The molecule has 2 aromatic rings. The van der Waals surface area contributed by atoms with E-state index in [1.54, 1.807) is 6.07 Å². The lowest BCUT2D eigenvalue weighted by Gasteiger charge is -2.04. The Morgan fingerprint density at radius 2 is 1.68 bits per heavy atom. The Morgan fingerprint density at radius 1 is 1.00 bits per heavy atom. The summed E-state index contributed by atoms with van der Waals surface area (Å²) in [7, 11) is 1.42. The van der Waals surface area contributed by atoms with E-state index in [9.17, 15) is 4.79 Å². The second-order valence-corrected chi connectivity index (χ2v) is 4.98. The first-order chi connectivity index (χ1) is 9.29. The first kappa shape index (κ1) is 12.0. The molecule has 2 heteroatoms. The fourth-order valence-corrected chi connectivity index (χ4v) is 2.65. The molecule has 1 aliphatic carbocycles. The van der Waals surface area contributed by atoms with Crippen LogP contribution in [0.15, 0.2) is 54.6 Å². The Bertz CT molecular complexity index is 589. The Labute approximate surface area is 113 Å². The van der Waals surface area contributed by atoms with Gasteiger partial charge in [0, 0.05) is 0 Å². The summed E-state index contributed by atoms with van der Waals surface area (Å²) in [6, 6.07) is 18.3. The number of ether oxygens (including phenoxy) is 1. The Morgan fingerprint density at radius 3 is 2.42 bits per heavy atom. The number of esters is 1. The van der Waals surface area contributed by atoms with Crippen molar-refractivity contribution in [3.63, 3.8) is 0 Å². The molecule has 0 radical (unpaired) electrons. The van der Waals surface area contributed by atoms with Crippen LogP contribution in [0.25, 0.3) is 0 Å². The van der Waals surface area contributed by atoms with E-state index in [-0.39, 0.29) is 5.97 Å². The lowest BCUT2D eigenvalue weighted by molar-refractivity contribution is 0.0600. The van der Waals surface area contributed by atoms with E-state index in [0.717, 1.165) is 6.42 Å². The third-order valence-corrected chi connectivity index (χ3v) is 3.75. The normalized spacial score (nSPS) is 20.9. The summed E-state index contributed by atoms with van der Waals surface area (Å²) in [4.78, 5) is 11.5. The number of rotatable bonds is 3. The summed E-state index contributed by atoms with van der Waals surface area (Å²) < 4.78 is 4.76. The SMILES string of the molecule is COC(=O)c1cccc([C@H]2C[C@@H]2c2ccccc2)c1. The van der Waals surface area contributed by atoms with E-state index in [4.69, 9.17) is 4.74 Å². The number of carbonyl (C=O) groups excluding carboxylic acids is 1. The van der Waals surface area contributed by atoms with Gasteiger partial charge < -0.3 is 4.74 Å². The van der Waals surface area contributed by atoms with Crippen LogP contribution in [0.3, 0.4) is 0 Å². The first-order valence-corrected chi connectivity index (χ1v) is 6.53. The van der Waals surface area contributed by atoms with Crippen LogP contribution in [0.5, 0.6) is 0 Å². The predicted molar refractivity (Wildman–Crippen MR) is 74.3 cm³/mol. The van der Waals surface area contributed by atoms with Crippen molar-refractivity contribution >= 4 is 5.97 Å². The fourth-order valence-electron chi connectivity index (χ4n) is 2.65. The lowest BCUT2D eigenvalue weighted by Crippen LogP contribution is -2.01. The van der Waals surface area contributed by atoms with Crippen molar-refractivity contribution in [3.8, 4) is 0 Å². The summed E-state index contributed by atoms with van der Waals surface area (Å²) in [6.07, 6.45) is 1.16. The number of hydrogen-bond acceptors (Lipinski definition) is 2. The number of carbonyl (C=O) groups is 1. The number of benzene rings is 2. The van der Waals surface area contributed by atoms with Crippen molar-refractivity contribution in [3.05, 3.63) is 71.3 Å². The standard InChI is InChI=1S/C17H16O2/c1-19-17(18)14-9-5-8-13(10-14)16-11-15(16)12-6-3-2-4-7-12/h2-10,15-16H,11H2,1H3/t15-,16-/m1/s1. The van der Waals surface area contributed by atoms with Gasteiger partial charge in [-0.2, -0.15) is 0 Å². The molecular weight excluding hydrogens is 236 g/mol. The molecule has 96 valence electrons. The average Bonchev–Trinajstić information content (AvgIpc) is 3.28. The van der Waals surface area contributed by atoms with Crippen LogP contribution in [0, 0.1) is 0 Å². The van der Waals surface area contributed by atoms with Crippen LogP contribution in [-0.2, 0) is 4.74 Å². The summed E-state index contributed by atoms with van der Waals surface area (Å²) in [5, 5.41) is 0. The second-order valence-electron chi connectivity index (χ2n) is 4.98. The van der Waals surface area contributed by atoms with Crippen molar-refractivity contribution < 1.29 is 9.53 Å². The van der Waals surface area contributed by atoms with E-state index >= 15 is 0 Å². The van der Waals surface area contributed by atoms with Crippen molar-refractivity contribution in [2.45, 2.75) is 18.3 Å². The minimum Gasteiger partial charge on any atom is -0.465 e. The van der Waals surface area contributed by atoms with Gasteiger partial charge in [0.05, 0.1) is 12.7 Å². The van der Waals surface area contributed by atoms with Gasteiger partial charge in [-0.25, -0.2) is 4.79 Å². The highest BCUT2D eigenvalue weighted by Crippen LogP contribution is 2.54. The van der Waals surface area contributed by atoms with Gasteiger partial charge in [0.1, 0.15) is 0 Å². The van der Waals surface area contributed by atoms with Gasteiger partial charge >= 0.3 is 5.97 Å². The molecule has 0 spiro atoms. The zero-order chi connectivity index (χ0) is 13.2. The minimum absolute atomic E-state index is 0.265. The van der Waals surface area contributed by atoms with Gasteiger partial charge in [0.2, 0.25) is 0 Å². The molecule has 19 heavy (non-hydrogen) atoms. The second kappa shape index (κ2) is 4.88. The smallest absolute Gasteiger partial charge is 0.337 e. The summed E-state index contributed by atoms with van der Waals surface area (Å²) >= 11 is 0. The van der Waals surface area contributed by atoms with E-state index in [1.807, 2.05) is 18.2 Å². The van der Waals surface area contributed by atoms with E-state index < -0.39 is 0 Å². The molecule has 0 aromatic heterocycles. The molecule has 1 aliphatic rings. The van der Waals surface area contributed by atoms with Crippen LogP contribution in [0.4, 0.5) is 0 Å². The van der Waals surface area contributed by atoms with Crippen LogP contribution in [-0.4, -0.2) is 13.1 Å². The number of methoxy groups -OCH3 is 1. The van der Waals surface area contributed by atoms with E-state index in [0.29, 0.717) is 17.4 Å². The molecular formula is C17H16O2. The fraction of sp³-hybridized carbons (Fsp3) is 0.235. The molecule has 0 saturated heterocycles. The van der Waals surface area contributed by atoms with E-state index in [1.165, 1.54) is 18.2 Å². The Kier molecular flexibility index (Phi) is 3.08. The molecule has 2 nitrogen and oxygen atoms in total. The lowest BCUT2D eigenvalue weighted by atomic mass is 10.0. The van der Waals surface area contributed by atoms with Gasteiger partial charge in [-0.15, -0.1) is 0 Å². The summed E-state index contributed by atoms with van der Waals surface area (Å²) in [5.74, 6) is 0.861. The maximum absolute atomic E-state index is 11.5. The Hall–Kier alpha value is -2.09. The molecule has 2 aromatic carbocycles. The zero-order valence-electron chi connectivity index (χ0n) is 10.9. The molecule has 0 aliphatic heterocycles. The molecule has 0 amide bonds. The monoisotopic (exact) mass is 252 g/mol. The van der Waals surface area contributed by atoms with Gasteiger partial charge in [0.15, 0.2) is 0 Å². The van der Waals surface area contributed by atoms with Crippen molar-refractivity contribution in [2.24, 2.45) is 0 Å². The first-order valence-electron chi connectivity index (χ1n) is 6.53. The van der Waals surface area contributed by atoms with Crippen LogP contribution in [0.1, 0.15) is 39.7 Å². The maximum Gasteiger partial charge on any atom is 0.337 e. The topological polar surface area (TPSA) is 26.3 Å². The largest absolute Gasteiger partial charge is 0.465 e. The van der Waals surface area contributed by atoms with Crippen molar-refractivity contribution in [2.75, 3.05) is 7.11 Å². The van der Waals surface area contributed by atoms with Crippen molar-refractivity contribution in [1.82, 2.24) is 0 Å². The highest BCUT2D eigenvalue weighted by molar-refractivity contribution is 5.89. The van der Waals surface area contributed by atoms with Gasteiger partial charge in [-0.05, 0) is 41.5 Å². The average molecular weight is 252 g/mol. The molecule has 2 atom stereocenters. The van der Waals surface area contributed by atoms with Gasteiger partial charge in [0.25, 0.3) is 0 Å². The summed E-state index contributed by atoms with van der Waals surface area (Å²) in [5.41, 5.74) is 3.26. The molecule has 0 N–H and O–H groups in total. The van der Waals surface area contributed by atoms with Crippen molar-refractivity contribution in [1.29, 1.82) is 0 Å². The van der Waals surface area contributed by atoms with Gasteiger partial charge in [-0.1, -0.05) is 42.5 Å². The quantitative estimate of drug-likeness (QED) is 0.778. The molecule has 0 unspecified atom stereocenters. The molecule has 1 saturated carbocycles. The summed E-state index contributed by atoms with van der Waals surface area (Å²) in [6.45, 7) is 0.